The number of rotatable bonds is 4. The number of hydrogen-bond acceptors (Lipinski definition) is 6. The van der Waals surface area contributed by atoms with Gasteiger partial charge in [0.2, 0.25) is 11.9 Å². The first-order chi connectivity index (χ1) is 10.7. The van der Waals surface area contributed by atoms with Crippen LogP contribution in [0.3, 0.4) is 0 Å². The molecule has 1 N–H and O–H groups in total. The minimum absolute atomic E-state index is 0.123. The highest BCUT2D eigenvalue weighted by molar-refractivity contribution is 5.91. The molecule has 1 aliphatic rings. The van der Waals surface area contributed by atoms with Gasteiger partial charge in [0, 0.05) is 11.6 Å². The molecule has 0 aliphatic carbocycles. The van der Waals surface area contributed by atoms with Crippen molar-refractivity contribution in [3.05, 3.63) is 24.0 Å². The van der Waals surface area contributed by atoms with E-state index in [0.29, 0.717) is 23.2 Å². The Hall–Kier alpha value is -2.77. The number of anilines is 1. The molecular weight excluding hydrogens is 288 g/mol. The highest BCUT2D eigenvalue weighted by atomic mass is 16.5. The number of hydrogen-bond donors (Lipinski definition) is 1. The van der Waals surface area contributed by atoms with Crippen molar-refractivity contribution in [1.29, 1.82) is 0 Å². The van der Waals surface area contributed by atoms with E-state index in [9.17, 15) is 4.79 Å². The SMILES string of the molecule is COc1cc(OC)c([C@H]2CC(=O)Nc3ncnn32)cc1OC. The topological polar surface area (TPSA) is 87.5 Å². The normalized spacial score (nSPS) is 16.7. The van der Waals surface area contributed by atoms with Crippen LogP contribution in [-0.2, 0) is 4.79 Å². The minimum Gasteiger partial charge on any atom is -0.496 e. The average Bonchev–Trinajstić information content (AvgIpc) is 3.00. The summed E-state index contributed by atoms with van der Waals surface area (Å²) >= 11 is 0. The molecule has 2 heterocycles. The zero-order valence-corrected chi connectivity index (χ0v) is 12.5. The summed E-state index contributed by atoms with van der Waals surface area (Å²) in [6.07, 6.45) is 1.64. The van der Waals surface area contributed by atoms with Gasteiger partial charge < -0.3 is 14.2 Å². The fourth-order valence-electron chi connectivity index (χ4n) is 2.56. The molecule has 0 fully saturated rings. The van der Waals surface area contributed by atoms with Gasteiger partial charge in [0.25, 0.3) is 0 Å². The van der Waals surface area contributed by atoms with E-state index in [1.165, 1.54) is 6.33 Å². The molecule has 1 aromatic carbocycles. The fraction of sp³-hybridized carbons (Fsp3) is 0.357. The van der Waals surface area contributed by atoms with Gasteiger partial charge in [-0.2, -0.15) is 10.1 Å². The second kappa shape index (κ2) is 5.55. The quantitative estimate of drug-likeness (QED) is 0.914. The number of amides is 1. The number of carbonyl (C=O) groups excluding carboxylic acids is 1. The van der Waals surface area contributed by atoms with E-state index in [4.69, 9.17) is 14.2 Å². The van der Waals surface area contributed by atoms with Gasteiger partial charge in [-0.1, -0.05) is 0 Å². The van der Waals surface area contributed by atoms with E-state index in [0.717, 1.165) is 5.56 Å². The van der Waals surface area contributed by atoms with E-state index in [2.05, 4.69) is 15.4 Å². The molecule has 2 aromatic rings. The van der Waals surface area contributed by atoms with Gasteiger partial charge in [0.05, 0.1) is 33.8 Å². The van der Waals surface area contributed by atoms with Gasteiger partial charge in [-0.3, -0.25) is 10.1 Å². The van der Waals surface area contributed by atoms with Crippen LogP contribution in [0.2, 0.25) is 0 Å². The van der Waals surface area contributed by atoms with E-state index in [1.807, 2.05) is 0 Å². The molecule has 0 radical (unpaired) electrons. The molecule has 0 saturated carbocycles. The van der Waals surface area contributed by atoms with Crippen LogP contribution in [0.5, 0.6) is 17.2 Å². The summed E-state index contributed by atoms with van der Waals surface area (Å²) in [5, 5.41) is 6.87. The fourth-order valence-corrected chi connectivity index (χ4v) is 2.56. The Kier molecular flexibility index (Phi) is 3.58. The monoisotopic (exact) mass is 304 g/mol. The zero-order chi connectivity index (χ0) is 15.7. The molecule has 1 atom stereocenters. The summed E-state index contributed by atoms with van der Waals surface area (Å²) in [4.78, 5) is 15.9. The summed E-state index contributed by atoms with van der Waals surface area (Å²) < 4.78 is 17.7. The lowest BCUT2D eigenvalue weighted by molar-refractivity contribution is -0.117. The number of benzene rings is 1. The summed E-state index contributed by atoms with van der Waals surface area (Å²) in [7, 11) is 4.68. The number of nitrogens with one attached hydrogen (secondary N) is 1. The lowest BCUT2D eigenvalue weighted by Gasteiger charge is -2.25. The third-order valence-electron chi connectivity index (χ3n) is 3.59. The first-order valence-corrected chi connectivity index (χ1v) is 6.67. The largest absolute Gasteiger partial charge is 0.496 e. The Morgan fingerprint density at radius 3 is 2.50 bits per heavy atom. The molecule has 1 amide bonds. The summed E-state index contributed by atoms with van der Waals surface area (Å²) in [5.41, 5.74) is 0.779. The summed E-state index contributed by atoms with van der Waals surface area (Å²) in [6, 6.07) is 3.21. The van der Waals surface area contributed by atoms with Gasteiger partial charge in [-0.25, -0.2) is 4.68 Å². The van der Waals surface area contributed by atoms with Crippen LogP contribution in [0.4, 0.5) is 5.95 Å². The van der Waals surface area contributed by atoms with E-state index >= 15 is 0 Å². The highest BCUT2D eigenvalue weighted by Gasteiger charge is 2.30. The number of ether oxygens (including phenoxy) is 3. The van der Waals surface area contributed by atoms with Crippen molar-refractivity contribution < 1.29 is 19.0 Å². The Morgan fingerprint density at radius 1 is 1.14 bits per heavy atom. The van der Waals surface area contributed by atoms with Gasteiger partial charge >= 0.3 is 0 Å². The Labute approximate surface area is 127 Å². The van der Waals surface area contributed by atoms with Crippen molar-refractivity contribution >= 4 is 11.9 Å². The minimum atomic E-state index is -0.319. The zero-order valence-electron chi connectivity index (χ0n) is 12.5. The van der Waals surface area contributed by atoms with E-state index < -0.39 is 0 Å². The molecule has 8 heteroatoms. The Bertz CT molecular complexity index is 713. The third kappa shape index (κ3) is 2.22. The molecule has 3 rings (SSSR count). The van der Waals surface area contributed by atoms with Gasteiger partial charge in [-0.15, -0.1) is 0 Å². The van der Waals surface area contributed by atoms with Gasteiger partial charge in [0.1, 0.15) is 12.1 Å². The predicted molar refractivity (Wildman–Crippen MR) is 77.5 cm³/mol. The number of nitrogens with zero attached hydrogens (tertiary/aromatic N) is 3. The van der Waals surface area contributed by atoms with Gasteiger partial charge in [0.15, 0.2) is 11.5 Å². The molecule has 1 aromatic heterocycles. The summed E-state index contributed by atoms with van der Waals surface area (Å²) in [6.45, 7) is 0. The van der Waals surface area contributed by atoms with Crippen molar-refractivity contribution in [1.82, 2.24) is 14.8 Å². The average molecular weight is 304 g/mol. The van der Waals surface area contributed by atoms with Crippen LogP contribution in [-0.4, -0.2) is 42.0 Å². The standard InChI is InChI=1S/C14H16N4O4/c1-20-10-6-12(22-3)11(21-2)4-8(10)9-5-13(19)17-14-15-7-16-18(9)14/h4,6-7,9H,5H2,1-3H3,(H,15,16,17,19)/t9-/m1/s1. The lowest BCUT2D eigenvalue weighted by atomic mass is 10.0. The smallest absolute Gasteiger partial charge is 0.229 e. The molecule has 8 nitrogen and oxygen atoms in total. The maximum atomic E-state index is 11.9. The van der Waals surface area contributed by atoms with Crippen LogP contribution in [0.15, 0.2) is 18.5 Å². The van der Waals surface area contributed by atoms with Crippen molar-refractivity contribution in [3.8, 4) is 17.2 Å². The second-order valence-corrected chi connectivity index (χ2v) is 4.75. The number of carbonyl (C=O) groups is 1. The van der Waals surface area contributed by atoms with E-state index in [-0.39, 0.29) is 18.4 Å². The van der Waals surface area contributed by atoms with Crippen LogP contribution >= 0.6 is 0 Å². The first-order valence-electron chi connectivity index (χ1n) is 6.67. The molecule has 116 valence electrons. The third-order valence-corrected chi connectivity index (χ3v) is 3.59. The van der Waals surface area contributed by atoms with E-state index in [1.54, 1.807) is 38.1 Å². The summed E-state index contributed by atoms with van der Waals surface area (Å²) in [5.74, 6) is 2.01. The predicted octanol–water partition coefficient (Wildman–Crippen LogP) is 1.24. The highest BCUT2D eigenvalue weighted by Crippen LogP contribution is 2.41. The second-order valence-electron chi connectivity index (χ2n) is 4.75. The number of fused-ring (bicyclic) bond motifs is 1. The lowest BCUT2D eigenvalue weighted by Crippen LogP contribution is -2.29. The molecule has 22 heavy (non-hydrogen) atoms. The van der Waals surface area contributed by atoms with Crippen LogP contribution in [0.1, 0.15) is 18.0 Å². The van der Waals surface area contributed by atoms with Crippen molar-refractivity contribution in [2.45, 2.75) is 12.5 Å². The molecule has 0 saturated heterocycles. The molecule has 1 aliphatic heterocycles. The Balaban J connectivity index is 2.14. The van der Waals surface area contributed by atoms with Crippen LogP contribution in [0, 0.1) is 0 Å². The van der Waals surface area contributed by atoms with Crippen molar-refractivity contribution in [2.75, 3.05) is 26.6 Å². The van der Waals surface area contributed by atoms with Gasteiger partial charge in [-0.05, 0) is 6.07 Å². The molecule has 0 bridgehead atoms. The van der Waals surface area contributed by atoms with Crippen LogP contribution in [0.25, 0.3) is 0 Å². The molecular formula is C14H16N4O4. The molecule has 0 spiro atoms. The maximum absolute atomic E-state index is 11.9. The Morgan fingerprint density at radius 2 is 1.82 bits per heavy atom. The number of methoxy groups -OCH3 is 3. The van der Waals surface area contributed by atoms with Crippen molar-refractivity contribution in [3.63, 3.8) is 0 Å². The maximum Gasteiger partial charge on any atom is 0.229 e. The molecule has 0 unspecified atom stereocenters. The van der Waals surface area contributed by atoms with Crippen LogP contribution < -0.4 is 19.5 Å². The first kappa shape index (κ1) is 14.2. The number of aromatic nitrogens is 3. The van der Waals surface area contributed by atoms with Crippen molar-refractivity contribution in [2.24, 2.45) is 0 Å².